The third kappa shape index (κ3) is 5.37. The van der Waals surface area contributed by atoms with Gasteiger partial charge in [-0.25, -0.2) is 9.98 Å². The zero-order chi connectivity index (χ0) is 26.8. The third-order valence-corrected chi connectivity index (χ3v) is 6.88. The number of fused-ring (bicyclic) bond motifs is 1. The topological polar surface area (TPSA) is 138 Å². The van der Waals surface area contributed by atoms with E-state index in [0.717, 1.165) is 29.7 Å². The summed E-state index contributed by atoms with van der Waals surface area (Å²) in [5.74, 6) is 0.496. The van der Waals surface area contributed by atoms with Gasteiger partial charge in [-0.15, -0.1) is 0 Å². The highest BCUT2D eigenvalue weighted by molar-refractivity contribution is 6.19. The van der Waals surface area contributed by atoms with Crippen molar-refractivity contribution in [2.75, 3.05) is 36.5 Å². The fourth-order valence-corrected chi connectivity index (χ4v) is 4.73. The molecule has 2 aromatic carbocycles. The van der Waals surface area contributed by atoms with Crippen LogP contribution in [0.5, 0.6) is 0 Å². The van der Waals surface area contributed by atoms with E-state index in [0.29, 0.717) is 55.0 Å². The Morgan fingerprint density at radius 3 is 2.56 bits per heavy atom. The van der Waals surface area contributed by atoms with Crippen LogP contribution in [0.25, 0.3) is 0 Å². The van der Waals surface area contributed by atoms with Crippen LogP contribution in [-0.2, 0) is 14.3 Å². The zero-order valence-electron chi connectivity index (χ0n) is 21.3. The number of amides is 1. The molecule has 1 saturated heterocycles. The molecule has 1 atom stereocenters. The van der Waals surface area contributed by atoms with E-state index in [9.17, 15) is 4.79 Å². The Morgan fingerprint density at radius 1 is 1.05 bits per heavy atom. The van der Waals surface area contributed by atoms with Crippen LogP contribution in [0.4, 0.5) is 11.5 Å². The lowest BCUT2D eigenvalue weighted by Crippen LogP contribution is -2.38. The molecule has 2 aliphatic heterocycles. The molecule has 4 N–H and O–H groups in total. The van der Waals surface area contributed by atoms with Crippen molar-refractivity contribution < 1.29 is 14.3 Å². The van der Waals surface area contributed by atoms with E-state index in [4.69, 9.17) is 25.6 Å². The Morgan fingerprint density at radius 2 is 1.79 bits per heavy atom. The van der Waals surface area contributed by atoms with Gasteiger partial charge in [0.1, 0.15) is 5.82 Å². The number of aromatic nitrogens is 1. The number of carbonyl (C=O) groups is 1. The molecule has 10 nitrogen and oxygen atoms in total. The molecule has 10 heteroatoms. The van der Waals surface area contributed by atoms with E-state index in [1.807, 2.05) is 66.7 Å². The second kappa shape index (κ2) is 10.7. The number of aliphatic imine (C=N–C) groups is 2. The summed E-state index contributed by atoms with van der Waals surface area (Å²) < 4.78 is 11.2. The molecule has 3 heterocycles. The maximum Gasteiger partial charge on any atom is 0.291 e. The van der Waals surface area contributed by atoms with Crippen molar-refractivity contribution in [1.82, 2.24) is 4.98 Å². The van der Waals surface area contributed by atoms with Crippen LogP contribution in [0, 0.1) is 5.41 Å². The summed E-state index contributed by atoms with van der Waals surface area (Å²) in [6, 6.07) is 20.5. The Hall–Kier alpha value is -4.57. The normalized spacial score (nSPS) is 19.4. The highest BCUT2D eigenvalue weighted by atomic mass is 16.5. The maximum absolute atomic E-state index is 13.1. The van der Waals surface area contributed by atoms with Crippen LogP contribution in [-0.4, -0.2) is 61.0 Å². The zero-order valence-corrected chi connectivity index (χ0v) is 21.3. The van der Waals surface area contributed by atoms with Gasteiger partial charge in [-0.3, -0.25) is 10.2 Å². The van der Waals surface area contributed by atoms with Crippen molar-refractivity contribution in [3.63, 3.8) is 0 Å². The van der Waals surface area contributed by atoms with Crippen LogP contribution in [0.3, 0.4) is 0 Å². The number of ether oxygens (including phenoxy) is 2. The van der Waals surface area contributed by atoms with Crippen LogP contribution < -0.4 is 16.0 Å². The number of nitrogens with one attached hydrogen (secondary N) is 2. The predicted molar refractivity (Wildman–Crippen MR) is 150 cm³/mol. The molecule has 0 bridgehead atoms. The molecule has 1 saturated carbocycles. The van der Waals surface area contributed by atoms with Crippen molar-refractivity contribution in [3.8, 4) is 0 Å². The molecule has 1 unspecified atom stereocenters. The molecule has 39 heavy (non-hydrogen) atoms. The molecule has 1 aliphatic carbocycles. The largest absolute Gasteiger partial charge is 0.407 e. The predicted octanol–water partition coefficient (Wildman–Crippen LogP) is 3.27. The maximum atomic E-state index is 13.1. The SMILES string of the molecule is N=C(OC(N)=NC1N=C(c2ccccc2)c2ccccc2NC1=O)c1ccc(C2CC2)nc1N1CCOCC1. The van der Waals surface area contributed by atoms with E-state index in [2.05, 4.69) is 20.2 Å². The van der Waals surface area contributed by atoms with Gasteiger partial charge >= 0.3 is 0 Å². The quantitative estimate of drug-likeness (QED) is 0.347. The first-order valence-electron chi connectivity index (χ1n) is 13.0. The third-order valence-electron chi connectivity index (χ3n) is 6.88. The lowest BCUT2D eigenvalue weighted by molar-refractivity contribution is -0.117. The Kier molecular flexibility index (Phi) is 6.76. The molecule has 2 fully saturated rings. The van der Waals surface area contributed by atoms with Crippen molar-refractivity contribution in [2.24, 2.45) is 15.7 Å². The number of anilines is 2. The van der Waals surface area contributed by atoms with Crippen LogP contribution in [0.15, 0.2) is 76.7 Å². The van der Waals surface area contributed by atoms with Crippen molar-refractivity contribution >= 4 is 35.0 Å². The van der Waals surface area contributed by atoms with Crippen molar-refractivity contribution in [2.45, 2.75) is 24.9 Å². The molecule has 0 spiro atoms. The standard InChI is InChI=1S/C29H29N7O3/c30-25(21-12-13-22(18-10-11-18)32-27(21)36-14-16-38-17-15-36)39-29(31)35-26-28(37)33-23-9-5-4-8-20(23)24(34-26)19-6-2-1-3-7-19/h1-9,12-13,18,26,30H,10-11,14-17H2,(H2,31,35)(H,33,37). The second-order valence-corrected chi connectivity index (χ2v) is 9.63. The molecule has 1 amide bonds. The summed E-state index contributed by atoms with van der Waals surface area (Å²) in [4.78, 5) is 29.0. The number of nitrogens with two attached hydrogens (primary N) is 1. The lowest BCUT2D eigenvalue weighted by Gasteiger charge is -2.29. The number of amidine groups is 1. The second-order valence-electron chi connectivity index (χ2n) is 9.63. The molecule has 6 rings (SSSR count). The molecule has 0 radical (unpaired) electrons. The highest BCUT2D eigenvalue weighted by Gasteiger charge is 2.29. The van der Waals surface area contributed by atoms with Gasteiger partial charge in [0, 0.05) is 35.8 Å². The first-order chi connectivity index (χ1) is 19.1. The highest BCUT2D eigenvalue weighted by Crippen LogP contribution is 2.40. The number of pyridine rings is 1. The van der Waals surface area contributed by atoms with E-state index in [-0.39, 0.29) is 11.9 Å². The first kappa shape index (κ1) is 24.7. The van der Waals surface area contributed by atoms with Crippen molar-refractivity contribution in [1.29, 1.82) is 5.41 Å². The van der Waals surface area contributed by atoms with E-state index >= 15 is 0 Å². The monoisotopic (exact) mass is 523 g/mol. The minimum Gasteiger partial charge on any atom is -0.407 e. The minimum absolute atomic E-state index is 0.197. The molecule has 1 aromatic heterocycles. The summed E-state index contributed by atoms with van der Waals surface area (Å²) in [5.41, 5.74) is 10.5. The van der Waals surface area contributed by atoms with Gasteiger partial charge in [0.2, 0.25) is 12.1 Å². The summed E-state index contributed by atoms with van der Waals surface area (Å²) in [6.45, 7) is 2.52. The summed E-state index contributed by atoms with van der Waals surface area (Å²) in [7, 11) is 0. The molecule has 3 aliphatic rings. The van der Waals surface area contributed by atoms with E-state index in [1.165, 1.54) is 0 Å². The van der Waals surface area contributed by atoms with E-state index in [1.54, 1.807) is 0 Å². The Labute approximate surface area is 226 Å². The van der Waals surface area contributed by atoms with Crippen LogP contribution >= 0.6 is 0 Å². The molecular formula is C29H29N7O3. The number of benzene rings is 2. The van der Waals surface area contributed by atoms with E-state index < -0.39 is 12.1 Å². The number of carbonyl (C=O) groups excluding carboxylic acids is 1. The van der Waals surface area contributed by atoms with Crippen molar-refractivity contribution in [3.05, 3.63) is 89.1 Å². The number of hydrogen-bond donors (Lipinski definition) is 3. The number of hydrogen-bond acceptors (Lipinski definition) is 8. The van der Waals surface area contributed by atoms with Crippen LogP contribution in [0.2, 0.25) is 0 Å². The van der Waals surface area contributed by atoms with Crippen LogP contribution in [0.1, 0.15) is 41.1 Å². The molecule has 3 aromatic rings. The number of para-hydroxylation sites is 1. The van der Waals surface area contributed by atoms with Gasteiger partial charge in [-0.2, -0.15) is 4.99 Å². The molecule has 198 valence electrons. The van der Waals surface area contributed by atoms with Gasteiger partial charge in [-0.1, -0.05) is 48.5 Å². The van der Waals surface area contributed by atoms with Gasteiger partial charge in [0.15, 0.2) is 0 Å². The molecular weight excluding hydrogens is 494 g/mol. The lowest BCUT2D eigenvalue weighted by atomic mass is 10.0. The number of nitrogens with zero attached hydrogens (tertiary/aromatic N) is 4. The summed E-state index contributed by atoms with van der Waals surface area (Å²) in [6.07, 6.45) is 1.05. The fourth-order valence-electron chi connectivity index (χ4n) is 4.73. The van der Waals surface area contributed by atoms with Gasteiger partial charge in [-0.05, 0) is 31.0 Å². The Balaban J connectivity index is 1.29. The fraction of sp³-hybridized carbons (Fsp3) is 0.276. The number of benzodiazepines with no additional fused rings is 1. The summed E-state index contributed by atoms with van der Waals surface area (Å²) in [5, 5.41) is 11.6. The summed E-state index contributed by atoms with van der Waals surface area (Å²) >= 11 is 0. The van der Waals surface area contributed by atoms with Gasteiger partial charge in [0.05, 0.1) is 30.2 Å². The minimum atomic E-state index is -1.20. The smallest absolute Gasteiger partial charge is 0.291 e. The average Bonchev–Trinajstić information content (AvgIpc) is 3.83. The first-order valence-corrected chi connectivity index (χ1v) is 13.0. The van der Waals surface area contributed by atoms with Gasteiger partial charge in [0.25, 0.3) is 11.9 Å². The van der Waals surface area contributed by atoms with Gasteiger partial charge < -0.3 is 25.4 Å². The number of morpholine rings is 1. The average molecular weight is 524 g/mol. The number of rotatable bonds is 5. The Bertz CT molecular complexity index is 1460.